The summed E-state index contributed by atoms with van der Waals surface area (Å²) in [4.78, 5) is 33.5. The number of rotatable bonds is 6. The number of hydrogen-bond donors (Lipinski definition) is 4. The van der Waals surface area contributed by atoms with Crippen LogP contribution in [0.2, 0.25) is 0 Å². The van der Waals surface area contributed by atoms with E-state index in [2.05, 4.69) is 20.6 Å². The highest BCUT2D eigenvalue weighted by molar-refractivity contribution is 6.04. The number of aryl methyl sites for hydroxylation is 1. The first-order valence-electron chi connectivity index (χ1n) is 10.3. The van der Waals surface area contributed by atoms with Crippen molar-refractivity contribution in [3.63, 3.8) is 0 Å². The summed E-state index contributed by atoms with van der Waals surface area (Å²) < 4.78 is 1.27. The summed E-state index contributed by atoms with van der Waals surface area (Å²) in [6.45, 7) is 2.91. The van der Waals surface area contributed by atoms with Crippen LogP contribution in [0.25, 0.3) is 11.3 Å². The molecule has 4 rings (SSSR count). The van der Waals surface area contributed by atoms with Gasteiger partial charge in [-0.1, -0.05) is 19.1 Å². The molecular formula is C22H25N7O2. The molecule has 2 amide bonds. The first-order valence-corrected chi connectivity index (χ1v) is 10.3. The number of aromatic nitrogens is 3. The standard InChI is InChI=1S/C22H25N7O2/c1-2-13-9-11-26-17(12-13)27-22(31)15-7-5-14(6-8-15)18-19(20(23)30)29(24)21(28-18)16-4-3-10-25-16/h5-9,11-12,16,25H,2-4,10,24H2,1H3,(H2,23,30)(H,26,27,31)/t16-/m0/s1. The van der Waals surface area contributed by atoms with Gasteiger partial charge in [-0.25, -0.2) is 14.6 Å². The van der Waals surface area contributed by atoms with Gasteiger partial charge in [0.1, 0.15) is 17.3 Å². The van der Waals surface area contributed by atoms with Gasteiger partial charge in [-0.05, 0) is 55.6 Å². The zero-order valence-electron chi connectivity index (χ0n) is 17.3. The van der Waals surface area contributed by atoms with Crippen molar-refractivity contribution < 1.29 is 9.59 Å². The molecule has 160 valence electrons. The first-order chi connectivity index (χ1) is 15.0. The lowest BCUT2D eigenvalue weighted by molar-refractivity contribution is 0.0991. The number of nitrogens with one attached hydrogen (secondary N) is 2. The molecule has 6 N–H and O–H groups in total. The Hall–Kier alpha value is -3.72. The van der Waals surface area contributed by atoms with E-state index in [0.29, 0.717) is 28.5 Å². The number of nitrogen functional groups attached to an aromatic ring is 1. The monoisotopic (exact) mass is 419 g/mol. The number of imidazole rings is 1. The van der Waals surface area contributed by atoms with Gasteiger partial charge < -0.3 is 22.2 Å². The highest BCUT2D eigenvalue weighted by Crippen LogP contribution is 2.29. The molecule has 0 radical (unpaired) electrons. The number of hydrogen-bond acceptors (Lipinski definition) is 6. The van der Waals surface area contributed by atoms with Crippen molar-refractivity contribution in [2.24, 2.45) is 5.73 Å². The molecule has 1 aliphatic heterocycles. The maximum absolute atomic E-state index is 12.6. The van der Waals surface area contributed by atoms with Crippen LogP contribution in [0.15, 0.2) is 42.6 Å². The van der Waals surface area contributed by atoms with Crippen molar-refractivity contribution >= 4 is 17.6 Å². The fraction of sp³-hybridized carbons (Fsp3) is 0.273. The summed E-state index contributed by atoms with van der Waals surface area (Å²) in [7, 11) is 0. The average Bonchev–Trinajstić information content (AvgIpc) is 3.41. The molecule has 0 aliphatic carbocycles. The van der Waals surface area contributed by atoms with Crippen LogP contribution in [-0.2, 0) is 6.42 Å². The van der Waals surface area contributed by atoms with Gasteiger partial charge in [0.25, 0.3) is 11.8 Å². The van der Waals surface area contributed by atoms with E-state index in [1.54, 1.807) is 30.5 Å². The molecule has 1 aromatic carbocycles. The lowest BCUT2D eigenvalue weighted by Crippen LogP contribution is -2.27. The molecule has 1 aliphatic rings. The predicted octanol–water partition coefficient (Wildman–Crippen LogP) is 2.00. The Bertz CT molecular complexity index is 1120. The van der Waals surface area contributed by atoms with Crippen LogP contribution in [0.1, 0.15) is 58.0 Å². The summed E-state index contributed by atoms with van der Waals surface area (Å²) in [5, 5.41) is 6.13. The Morgan fingerprint density at radius 2 is 2.03 bits per heavy atom. The fourth-order valence-corrected chi connectivity index (χ4v) is 3.77. The van der Waals surface area contributed by atoms with Crippen LogP contribution in [0, 0.1) is 0 Å². The van der Waals surface area contributed by atoms with Crippen LogP contribution in [-0.4, -0.2) is 33.0 Å². The van der Waals surface area contributed by atoms with Gasteiger partial charge in [0, 0.05) is 17.3 Å². The molecule has 31 heavy (non-hydrogen) atoms. The second kappa shape index (κ2) is 8.57. The van der Waals surface area contributed by atoms with Gasteiger partial charge in [-0.15, -0.1) is 0 Å². The SMILES string of the molecule is CCc1ccnc(NC(=O)c2ccc(-c3nc([C@@H]4CCCN4)n(N)c3C(N)=O)cc2)c1. The summed E-state index contributed by atoms with van der Waals surface area (Å²) >= 11 is 0. The Labute approximate surface area is 179 Å². The number of pyridine rings is 1. The quantitative estimate of drug-likeness (QED) is 0.450. The number of anilines is 1. The van der Waals surface area contributed by atoms with Gasteiger partial charge in [0.15, 0.2) is 5.69 Å². The minimum Gasteiger partial charge on any atom is -0.364 e. The predicted molar refractivity (Wildman–Crippen MR) is 118 cm³/mol. The molecule has 2 aromatic heterocycles. The summed E-state index contributed by atoms with van der Waals surface area (Å²) in [5.74, 6) is 6.30. The van der Waals surface area contributed by atoms with Crippen molar-refractivity contribution in [3.8, 4) is 11.3 Å². The van der Waals surface area contributed by atoms with E-state index in [9.17, 15) is 9.59 Å². The number of nitrogens with zero attached hydrogens (tertiary/aromatic N) is 3. The number of nitrogens with two attached hydrogens (primary N) is 2. The number of amides is 2. The Kier molecular flexibility index (Phi) is 5.68. The maximum Gasteiger partial charge on any atom is 0.269 e. The molecule has 9 nitrogen and oxygen atoms in total. The van der Waals surface area contributed by atoms with Crippen LogP contribution in [0.5, 0.6) is 0 Å². The van der Waals surface area contributed by atoms with Crippen LogP contribution in [0.4, 0.5) is 5.82 Å². The van der Waals surface area contributed by atoms with Gasteiger partial charge in [-0.2, -0.15) is 0 Å². The molecule has 0 unspecified atom stereocenters. The lowest BCUT2D eigenvalue weighted by Gasteiger charge is -2.09. The van der Waals surface area contributed by atoms with E-state index >= 15 is 0 Å². The summed E-state index contributed by atoms with van der Waals surface area (Å²) in [5.41, 5.74) is 8.32. The molecule has 0 bridgehead atoms. The van der Waals surface area contributed by atoms with Crippen LogP contribution >= 0.6 is 0 Å². The van der Waals surface area contributed by atoms with E-state index in [-0.39, 0.29) is 17.6 Å². The number of carbonyl (C=O) groups is 2. The second-order valence-corrected chi connectivity index (χ2v) is 7.48. The van der Waals surface area contributed by atoms with Gasteiger partial charge >= 0.3 is 0 Å². The zero-order valence-corrected chi connectivity index (χ0v) is 17.3. The molecule has 0 spiro atoms. The lowest BCUT2D eigenvalue weighted by atomic mass is 10.1. The molecule has 1 saturated heterocycles. The third-order valence-electron chi connectivity index (χ3n) is 5.44. The van der Waals surface area contributed by atoms with Crippen molar-refractivity contribution in [1.29, 1.82) is 0 Å². The second-order valence-electron chi connectivity index (χ2n) is 7.48. The normalized spacial score (nSPS) is 15.7. The molecule has 1 fully saturated rings. The van der Waals surface area contributed by atoms with E-state index in [0.717, 1.165) is 31.4 Å². The number of benzene rings is 1. The third-order valence-corrected chi connectivity index (χ3v) is 5.44. The smallest absolute Gasteiger partial charge is 0.269 e. The van der Waals surface area contributed by atoms with Crippen molar-refractivity contribution in [3.05, 3.63) is 65.2 Å². The molecule has 1 atom stereocenters. The maximum atomic E-state index is 12.6. The van der Waals surface area contributed by atoms with E-state index in [1.807, 2.05) is 19.1 Å². The van der Waals surface area contributed by atoms with Crippen LogP contribution in [0.3, 0.4) is 0 Å². The fourth-order valence-electron chi connectivity index (χ4n) is 3.77. The van der Waals surface area contributed by atoms with Crippen molar-refractivity contribution in [2.45, 2.75) is 32.2 Å². The summed E-state index contributed by atoms with van der Waals surface area (Å²) in [6.07, 6.45) is 4.42. The molecule has 9 heteroatoms. The molecule has 3 heterocycles. The highest BCUT2D eigenvalue weighted by atomic mass is 16.2. The first kappa shape index (κ1) is 20.5. The Balaban J connectivity index is 1.59. The zero-order chi connectivity index (χ0) is 22.0. The summed E-state index contributed by atoms with van der Waals surface area (Å²) in [6, 6.07) is 10.5. The Morgan fingerprint density at radius 3 is 2.68 bits per heavy atom. The Morgan fingerprint density at radius 1 is 1.26 bits per heavy atom. The van der Waals surface area contributed by atoms with E-state index in [4.69, 9.17) is 11.6 Å². The van der Waals surface area contributed by atoms with Gasteiger partial charge in [0.05, 0.1) is 6.04 Å². The third kappa shape index (κ3) is 4.13. The van der Waals surface area contributed by atoms with Crippen molar-refractivity contribution in [1.82, 2.24) is 20.0 Å². The van der Waals surface area contributed by atoms with Crippen molar-refractivity contribution in [2.75, 3.05) is 17.7 Å². The largest absolute Gasteiger partial charge is 0.364 e. The topological polar surface area (TPSA) is 141 Å². The molecule has 3 aromatic rings. The number of primary amides is 1. The molecular weight excluding hydrogens is 394 g/mol. The average molecular weight is 419 g/mol. The minimum absolute atomic E-state index is 0.0201. The number of carbonyl (C=O) groups excluding carboxylic acids is 2. The van der Waals surface area contributed by atoms with Crippen LogP contribution < -0.4 is 22.2 Å². The van der Waals surface area contributed by atoms with E-state index in [1.165, 1.54) is 4.68 Å². The van der Waals surface area contributed by atoms with Gasteiger partial charge in [0.2, 0.25) is 0 Å². The van der Waals surface area contributed by atoms with E-state index < -0.39 is 5.91 Å². The van der Waals surface area contributed by atoms with Gasteiger partial charge in [-0.3, -0.25) is 9.59 Å². The minimum atomic E-state index is -0.655. The highest BCUT2D eigenvalue weighted by Gasteiger charge is 2.27. The molecule has 0 saturated carbocycles.